The molecule has 310 valence electrons. The summed E-state index contributed by atoms with van der Waals surface area (Å²) in [6.45, 7) is 5.39. The maximum atomic E-state index is 16.2. The Hall–Kier alpha value is -3.26. The zero-order chi connectivity index (χ0) is 43.2. The van der Waals surface area contributed by atoms with Crippen LogP contribution in [0.1, 0.15) is 27.7 Å². The molecule has 3 aromatic rings. The third kappa shape index (κ3) is 7.71. The smallest absolute Gasteiger partial charge is 0.0967 e. The van der Waals surface area contributed by atoms with Crippen molar-refractivity contribution >= 4 is 74.8 Å². The molecule has 1 heterocycles. The molecular formula is C34H25BCl3F15GeN2O. The van der Waals surface area contributed by atoms with Crippen molar-refractivity contribution in [3.8, 4) is 0 Å². The maximum Gasteiger partial charge on any atom is 0.0967 e. The monoisotopic (exact) mass is 952 g/mol. The third-order valence-electron chi connectivity index (χ3n) is 8.61. The fourth-order valence-electron chi connectivity index (χ4n) is 6.48. The van der Waals surface area contributed by atoms with Crippen molar-refractivity contribution < 1.29 is 73.1 Å². The van der Waals surface area contributed by atoms with Crippen LogP contribution in [0.5, 0.6) is 0 Å². The summed E-state index contributed by atoms with van der Waals surface area (Å²) in [5.41, 5.74) is -8.63. The topological polar surface area (TPSA) is 15.5 Å². The molecule has 0 amide bonds. The predicted octanol–water partition coefficient (Wildman–Crippen LogP) is 8.94. The molecule has 0 saturated heterocycles. The van der Waals surface area contributed by atoms with E-state index in [0.29, 0.717) is 0 Å². The Morgan fingerprint density at radius 2 is 0.895 bits per heavy atom. The zero-order valence-electron chi connectivity index (χ0n) is 29.3. The molecule has 0 saturated carbocycles. The predicted molar refractivity (Wildman–Crippen MR) is 185 cm³/mol. The summed E-state index contributed by atoms with van der Waals surface area (Å²) in [4.78, 5) is 0. The summed E-state index contributed by atoms with van der Waals surface area (Å²) in [7, 11) is 7.29. The number of benzene rings is 3. The van der Waals surface area contributed by atoms with Crippen LogP contribution in [0.3, 0.4) is 0 Å². The fraction of sp³-hybridized carbons (Fsp3) is 0.265. The largest absolute Gasteiger partial charge is 0.109 e. The number of rotatable bonds is 9. The Morgan fingerprint density at radius 3 is 1.21 bits per heavy atom. The van der Waals surface area contributed by atoms with Crippen molar-refractivity contribution in [2.24, 2.45) is 11.8 Å². The minimum absolute atomic E-state index is 0.00119. The number of fused-ring (bicyclic) bond motifs is 1. The Bertz CT molecular complexity index is 2000. The molecule has 3 nitrogen and oxygen atoms in total. The van der Waals surface area contributed by atoms with E-state index in [2.05, 4.69) is 0 Å². The molecular weight excluding hydrogens is 927 g/mol. The second-order valence-corrected chi connectivity index (χ2v) is 21.5. The molecule has 1 aliphatic carbocycles. The van der Waals surface area contributed by atoms with Crippen LogP contribution in [-0.2, 0) is 3.68 Å². The fourth-order valence-corrected chi connectivity index (χ4v) is 16.2. The molecule has 0 N–H and O–H groups in total. The first-order valence-corrected chi connectivity index (χ1v) is 22.7. The van der Waals surface area contributed by atoms with E-state index in [1.54, 1.807) is 0 Å². The normalized spacial score (nSPS) is 16.8. The molecule has 2 aliphatic rings. The molecule has 3 aromatic carbocycles. The van der Waals surface area contributed by atoms with Crippen molar-refractivity contribution in [3.63, 3.8) is 0 Å². The van der Waals surface area contributed by atoms with E-state index in [4.69, 9.17) is 36.9 Å². The number of hydrogen-bond acceptors (Lipinski definition) is 2. The van der Waals surface area contributed by atoms with Gasteiger partial charge in [0.15, 0.2) is 0 Å². The van der Waals surface area contributed by atoms with E-state index < -0.39 is 135 Å². The third-order valence-corrected chi connectivity index (χ3v) is 17.1. The standard InChI is InChI=1S/C33H23BClF15GeN2O.CH2Cl2/c1-12(2)10-52-14-8-6-5-7-9-15(14)53(11-13(3)4)51(52,35)54-34(16-19(36)25(42)31(48)26(43)20(16)37,17-21(38)27(44)32(49)28(45)22(17)39)18-23(40)29(46)33(50)30(47)24(18)41;2-1-3/h5-9,12-13H,10-11H2,1-4H3;1H2. The van der Waals surface area contributed by atoms with Gasteiger partial charge in [0.05, 0.1) is 5.34 Å². The van der Waals surface area contributed by atoms with E-state index in [0.717, 1.165) is 7.39 Å². The van der Waals surface area contributed by atoms with Crippen LogP contribution < -0.4 is 16.4 Å². The van der Waals surface area contributed by atoms with Gasteiger partial charge in [0.25, 0.3) is 0 Å². The minimum Gasteiger partial charge on any atom is -0.109 e. The Labute approximate surface area is 331 Å². The average Bonchev–Trinajstić information content (AvgIpc) is 3.28. The van der Waals surface area contributed by atoms with Gasteiger partial charge in [-0.25, -0.2) is 0 Å². The summed E-state index contributed by atoms with van der Waals surface area (Å²) >= 11 is 3.11. The van der Waals surface area contributed by atoms with E-state index in [9.17, 15) is 13.2 Å². The summed E-state index contributed by atoms with van der Waals surface area (Å²) in [5.74, 6) is -48.0. The molecule has 0 fully saturated rings. The van der Waals surface area contributed by atoms with Crippen LogP contribution in [-0.4, -0.2) is 51.0 Å². The second kappa shape index (κ2) is 17.5. The van der Waals surface area contributed by atoms with Gasteiger partial charge in [0, 0.05) is 0 Å². The summed E-state index contributed by atoms with van der Waals surface area (Å²) in [6.07, 6.45) is 0.559. The first-order chi connectivity index (χ1) is 26.5. The van der Waals surface area contributed by atoms with Gasteiger partial charge in [-0.05, 0) is 0 Å². The summed E-state index contributed by atoms with van der Waals surface area (Å²) < 4.78 is 240. The van der Waals surface area contributed by atoms with Crippen LogP contribution in [0.4, 0.5) is 65.9 Å². The SMILES string of the molecule is CC(C)C[N]1C2=CC=CC=CC2=[N+](CC(C)C)[Ge@]1([Cl])[O][B-](c1c(F)c(F)c(F)c(F)c1F)(c1c(F)c(F)c(F)c(F)c1F)c1c(F)c(F)c(F)c(F)c1F.ClCCl. The van der Waals surface area contributed by atoms with E-state index in [1.807, 2.05) is 0 Å². The van der Waals surface area contributed by atoms with Crippen molar-refractivity contribution in [1.82, 2.24) is 3.86 Å². The molecule has 0 bridgehead atoms. The van der Waals surface area contributed by atoms with Gasteiger partial charge in [-0.1, -0.05) is 0 Å². The van der Waals surface area contributed by atoms with Crippen LogP contribution in [0.25, 0.3) is 0 Å². The molecule has 5 rings (SSSR count). The second-order valence-electron chi connectivity index (χ2n) is 13.2. The number of halogens is 18. The van der Waals surface area contributed by atoms with Crippen LogP contribution >= 0.6 is 33.2 Å². The summed E-state index contributed by atoms with van der Waals surface area (Å²) in [6, 6.07) is 0. The Balaban J connectivity index is 0.00000232. The number of nitrogens with zero attached hydrogens (tertiary/aromatic N) is 2. The molecule has 1 atom stereocenters. The molecule has 0 spiro atoms. The van der Waals surface area contributed by atoms with Gasteiger partial charge in [-0.2, -0.15) is 0 Å². The van der Waals surface area contributed by atoms with E-state index in [-0.39, 0.29) is 29.8 Å². The van der Waals surface area contributed by atoms with Gasteiger partial charge >= 0.3 is 304 Å². The number of allylic oxidation sites excluding steroid dienone is 5. The molecule has 23 heteroatoms. The number of hydrogen-bond donors (Lipinski definition) is 0. The molecule has 0 radical (unpaired) electrons. The van der Waals surface area contributed by atoms with Crippen LogP contribution in [0.15, 0.2) is 36.1 Å². The van der Waals surface area contributed by atoms with Gasteiger partial charge in [0.2, 0.25) is 0 Å². The average molecular weight is 952 g/mol. The van der Waals surface area contributed by atoms with Crippen molar-refractivity contribution in [2.45, 2.75) is 27.7 Å². The molecule has 1 aliphatic heterocycles. The molecule has 0 unspecified atom stereocenters. The maximum absolute atomic E-state index is 16.2. The first-order valence-electron chi connectivity index (χ1n) is 16.2. The van der Waals surface area contributed by atoms with Gasteiger partial charge < -0.3 is 0 Å². The Kier molecular flexibility index (Phi) is 14.3. The van der Waals surface area contributed by atoms with E-state index >= 15 is 52.7 Å². The van der Waals surface area contributed by atoms with E-state index in [1.165, 1.54) is 58.1 Å². The van der Waals surface area contributed by atoms with Crippen LogP contribution in [0, 0.1) is 99.1 Å². The Morgan fingerprint density at radius 1 is 0.561 bits per heavy atom. The van der Waals surface area contributed by atoms with Crippen LogP contribution in [0.2, 0.25) is 0 Å². The zero-order valence-corrected chi connectivity index (χ0v) is 33.7. The summed E-state index contributed by atoms with van der Waals surface area (Å²) in [5, 5.41) is 0.194. The van der Waals surface area contributed by atoms with Gasteiger partial charge in [0.1, 0.15) is 0 Å². The number of alkyl halides is 2. The molecule has 57 heavy (non-hydrogen) atoms. The molecule has 0 aromatic heterocycles. The van der Waals surface area contributed by atoms with Gasteiger partial charge in [-0.15, -0.1) is 23.2 Å². The minimum atomic E-state index is -6.42. The van der Waals surface area contributed by atoms with Crippen molar-refractivity contribution in [3.05, 3.63) is 123 Å². The van der Waals surface area contributed by atoms with Gasteiger partial charge in [-0.3, -0.25) is 0 Å². The quantitative estimate of drug-likeness (QED) is 0.0701. The van der Waals surface area contributed by atoms with Crippen molar-refractivity contribution in [1.29, 1.82) is 0 Å². The van der Waals surface area contributed by atoms with Crippen molar-refractivity contribution in [2.75, 3.05) is 18.4 Å². The first kappa shape index (κ1) is 46.4.